The van der Waals surface area contributed by atoms with E-state index in [0.717, 1.165) is 11.0 Å². The number of aryl methyl sites for hydroxylation is 1. The van der Waals surface area contributed by atoms with Crippen LogP contribution in [0.1, 0.15) is 13.3 Å². The standard InChI is InChI=1S/C14H19N3O2/c1-14(15-2,13(18)19-3)8-9-17-10-16-11-6-4-5-7-12(11)17/h4-7,10,15H,8-9H2,1-3H3. The fourth-order valence-electron chi connectivity index (χ4n) is 2.09. The molecule has 0 saturated heterocycles. The van der Waals surface area contributed by atoms with E-state index in [1.165, 1.54) is 7.11 Å². The first-order valence-corrected chi connectivity index (χ1v) is 6.28. The van der Waals surface area contributed by atoms with Crippen LogP contribution in [0.2, 0.25) is 0 Å². The quantitative estimate of drug-likeness (QED) is 0.830. The maximum Gasteiger partial charge on any atom is 0.325 e. The molecule has 5 nitrogen and oxygen atoms in total. The number of aromatic nitrogens is 2. The van der Waals surface area contributed by atoms with Gasteiger partial charge in [-0.3, -0.25) is 4.79 Å². The average molecular weight is 261 g/mol. The molecule has 1 N–H and O–H groups in total. The number of imidazole rings is 1. The van der Waals surface area contributed by atoms with Crippen LogP contribution in [0.3, 0.4) is 0 Å². The number of fused-ring (bicyclic) bond motifs is 1. The number of esters is 1. The Balaban J connectivity index is 2.15. The van der Waals surface area contributed by atoms with Gasteiger partial charge in [0.1, 0.15) is 5.54 Å². The first-order chi connectivity index (χ1) is 9.10. The summed E-state index contributed by atoms with van der Waals surface area (Å²) in [5.74, 6) is -0.251. The number of nitrogens with one attached hydrogen (secondary N) is 1. The van der Waals surface area contributed by atoms with Crippen LogP contribution < -0.4 is 5.32 Å². The van der Waals surface area contributed by atoms with Crippen LogP contribution in [0.4, 0.5) is 0 Å². The van der Waals surface area contributed by atoms with Gasteiger partial charge in [-0.2, -0.15) is 0 Å². The molecule has 0 fully saturated rings. The van der Waals surface area contributed by atoms with Gasteiger partial charge >= 0.3 is 5.97 Å². The number of rotatable bonds is 5. The fourth-order valence-corrected chi connectivity index (χ4v) is 2.09. The molecule has 0 aliphatic rings. The van der Waals surface area contributed by atoms with Gasteiger partial charge in [0, 0.05) is 6.54 Å². The van der Waals surface area contributed by atoms with Crippen molar-refractivity contribution < 1.29 is 9.53 Å². The Morgan fingerprint density at radius 1 is 1.47 bits per heavy atom. The zero-order valence-corrected chi connectivity index (χ0v) is 11.5. The fraction of sp³-hybridized carbons (Fsp3) is 0.429. The summed E-state index contributed by atoms with van der Waals surface area (Å²) >= 11 is 0. The molecule has 0 radical (unpaired) electrons. The van der Waals surface area contributed by atoms with E-state index in [0.29, 0.717) is 13.0 Å². The van der Waals surface area contributed by atoms with Crippen LogP contribution >= 0.6 is 0 Å². The van der Waals surface area contributed by atoms with Crippen molar-refractivity contribution in [1.29, 1.82) is 0 Å². The largest absolute Gasteiger partial charge is 0.468 e. The number of methoxy groups -OCH3 is 1. The van der Waals surface area contributed by atoms with Crippen LogP contribution in [0, 0.1) is 0 Å². The maximum absolute atomic E-state index is 11.8. The van der Waals surface area contributed by atoms with Crippen molar-refractivity contribution in [2.75, 3.05) is 14.2 Å². The van der Waals surface area contributed by atoms with Gasteiger partial charge in [-0.25, -0.2) is 4.98 Å². The average Bonchev–Trinajstić information content (AvgIpc) is 2.87. The minimum atomic E-state index is -0.680. The number of carbonyl (C=O) groups excluding carboxylic acids is 1. The number of likely N-dealkylation sites (N-methyl/N-ethyl adjacent to an activating group) is 1. The topological polar surface area (TPSA) is 56.2 Å². The second-order valence-electron chi connectivity index (χ2n) is 4.75. The van der Waals surface area contributed by atoms with Gasteiger partial charge in [-0.1, -0.05) is 12.1 Å². The Kier molecular flexibility index (Phi) is 3.85. The van der Waals surface area contributed by atoms with Gasteiger partial charge in [0.25, 0.3) is 0 Å². The highest BCUT2D eigenvalue weighted by atomic mass is 16.5. The molecule has 2 aromatic rings. The monoisotopic (exact) mass is 261 g/mol. The Labute approximate surface area is 112 Å². The molecule has 1 aromatic heterocycles. The molecule has 0 amide bonds. The van der Waals surface area contributed by atoms with Crippen LogP contribution in [0.25, 0.3) is 11.0 Å². The zero-order chi connectivity index (χ0) is 13.9. The number of para-hydroxylation sites is 2. The highest BCUT2D eigenvalue weighted by Crippen LogP contribution is 2.17. The van der Waals surface area contributed by atoms with Gasteiger partial charge in [0.2, 0.25) is 0 Å². The van der Waals surface area contributed by atoms with Crippen LogP contribution in [0.15, 0.2) is 30.6 Å². The third-order valence-electron chi connectivity index (χ3n) is 3.57. The highest BCUT2D eigenvalue weighted by Gasteiger charge is 2.32. The molecular formula is C14H19N3O2. The van der Waals surface area contributed by atoms with Crippen molar-refractivity contribution >= 4 is 17.0 Å². The smallest absolute Gasteiger partial charge is 0.325 e. The van der Waals surface area contributed by atoms with E-state index >= 15 is 0 Å². The van der Waals surface area contributed by atoms with Crippen LogP contribution in [0.5, 0.6) is 0 Å². The van der Waals surface area contributed by atoms with E-state index in [2.05, 4.69) is 10.3 Å². The van der Waals surface area contributed by atoms with Gasteiger partial charge in [0.05, 0.1) is 24.5 Å². The van der Waals surface area contributed by atoms with Crippen molar-refractivity contribution in [3.8, 4) is 0 Å². The first-order valence-electron chi connectivity index (χ1n) is 6.28. The Bertz CT molecular complexity index is 579. The van der Waals surface area contributed by atoms with E-state index in [9.17, 15) is 4.79 Å². The molecule has 1 heterocycles. The molecule has 5 heteroatoms. The van der Waals surface area contributed by atoms with Crippen molar-refractivity contribution in [3.05, 3.63) is 30.6 Å². The molecule has 0 aliphatic carbocycles. The van der Waals surface area contributed by atoms with Gasteiger partial charge < -0.3 is 14.6 Å². The summed E-state index contributed by atoms with van der Waals surface area (Å²) in [6.07, 6.45) is 2.44. The summed E-state index contributed by atoms with van der Waals surface area (Å²) in [6.45, 7) is 2.55. The van der Waals surface area contributed by atoms with E-state index in [1.54, 1.807) is 13.4 Å². The first kappa shape index (κ1) is 13.5. The minimum absolute atomic E-state index is 0.251. The molecule has 1 aromatic carbocycles. The second kappa shape index (κ2) is 5.40. The predicted octanol–water partition coefficient (Wildman–Crippen LogP) is 1.58. The molecule has 102 valence electrons. The van der Waals surface area contributed by atoms with E-state index < -0.39 is 5.54 Å². The molecule has 0 saturated carbocycles. The molecule has 19 heavy (non-hydrogen) atoms. The highest BCUT2D eigenvalue weighted by molar-refractivity contribution is 5.80. The van der Waals surface area contributed by atoms with Crippen molar-refractivity contribution in [2.45, 2.75) is 25.4 Å². The maximum atomic E-state index is 11.8. The number of carbonyl (C=O) groups is 1. The molecule has 1 unspecified atom stereocenters. The van der Waals surface area contributed by atoms with Crippen LogP contribution in [-0.2, 0) is 16.1 Å². The Morgan fingerprint density at radius 2 is 2.21 bits per heavy atom. The number of ether oxygens (including phenoxy) is 1. The summed E-state index contributed by atoms with van der Waals surface area (Å²) in [6, 6.07) is 7.95. The van der Waals surface area contributed by atoms with Crippen molar-refractivity contribution in [2.24, 2.45) is 0 Å². The summed E-state index contributed by atoms with van der Waals surface area (Å²) in [7, 11) is 3.17. The van der Waals surface area contributed by atoms with Crippen molar-refractivity contribution in [3.63, 3.8) is 0 Å². The Morgan fingerprint density at radius 3 is 2.89 bits per heavy atom. The lowest BCUT2D eigenvalue weighted by atomic mass is 9.98. The zero-order valence-electron chi connectivity index (χ0n) is 11.5. The predicted molar refractivity (Wildman–Crippen MR) is 73.8 cm³/mol. The molecule has 2 rings (SSSR count). The normalized spacial score (nSPS) is 14.3. The minimum Gasteiger partial charge on any atom is -0.468 e. The van der Waals surface area contributed by atoms with Crippen molar-refractivity contribution in [1.82, 2.24) is 14.9 Å². The third kappa shape index (κ3) is 2.61. The van der Waals surface area contributed by atoms with Crippen LogP contribution in [-0.4, -0.2) is 35.2 Å². The number of hydrogen-bond donors (Lipinski definition) is 1. The SMILES string of the molecule is CNC(C)(CCn1cnc2ccccc21)C(=O)OC. The number of nitrogens with zero attached hydrogens (tertiary/aromatic N) is 2. The van der Waals surface area contributed by atoms with Gasteiger partial charge in [0.15, 0.2) is 0 Å². The summed E-state index contributed by atoms with van der Waals surface area (Å²) in [5, 5.41) is 3.03. The van der Waals surface area contributed by atoms with E-state index in [1.807, 2.05) is 35.8 Å². The molecule has 0 bridgehead atoms. The third-order valence-corrected chi connectivity index (χ3v) is 3.57. The van der Waals surface area contributed by atoms with Gasteiger partial charge in [-0.15, -0.1) is 0 Å². The van der Waals surface area contributed by atoms with E-state index in [4.69, 9.17) is 4.74 Å². The lowest BCUT2D eigenvalue weighted by molar-refractivity contribution is -0.148. The number of hydrogen-bond acceptors (Lipinski definition) is 4. The van der Waals surface area contributed by atoms with Gasteiger partial charge in [-0.05, 0) is 32.5 Å². The second-order valence-corrected chi connectivity index (χ2v) is 4.75. The molecular weight excluding hydrogens is 242 g/mol. The summed E-state index contributed by atoms with van der Waals surface area (Å²) in [4.78, 5) is 16.1. The lowest BCUT2D eigenvalue weighted by Crippen LogP contribution is -2.48. The lowest BCUT2D eigenvalue weighted by Gasteiger charge is -2.26. The molecule has 0 aliphatic heterocycles. The molecule has 0 spiro atoms. The molecule has 1 atom stereocenters. The number of benzene rings is 1. The van der Waals surface area contributed by atoms with E-state index in [-0.39, 0.29) is 5.97 Å². The summed E-state index contributed by atoms with van der Waals surface area (Å²) in [5.41, 5.74) is 1.36. The Hall–Kier alpha value is -1.88. The summed E-state index contributed by atoms with van der Waals surface area (Å²) < 4.78 is 6.89.